The second kappa shape index (κ2) is 5.09. The van der Waals surface area contributed by atoms with Crippen LogP contribution in [-0.4, -0.2) is 27.9 Å². The van der Waals surface area contributed by atoms with Crippen LogP contribution in [0.15, 0.2) is 16.5 Å². The van der Waals surface area contributed by atoms with Crippen LogP contribution in [0.25, 0.3) is 0 Å². The highest BCUT2D eigenvalue weighted by atomic mass is 16.6. The topological polar surface area (TPSA) is 123 Å². The van der Waals surface area contributed by atoms with E-state index in [2.05, 4.69) is 5.32 Å². The molecule has 0 aromatic carbocycles. The van der Waals surface area contributed by atoms with Gasteiger partial charge < -0.3 is 14.8 Å². The number of hydrogen-bond acceptors (Lipinski definition) is 5. The van der Waals surface area contributed by atoms with Crippen molar-refractivity contribution >= 4 is 17.8 Å². The molecule has 1 aromatic heterocycles. The number of carbonyl (C=O) groups excluding carboxylic acids is 1. The number of aliphatic carboxylic acids is 1. The van der Waals surface area contributed by atoms with Gasteiger partial charge in [0.25, 0.3) is 5.91 Å². The van der Waals surface area contributed by atoms with Gasteiger partial charge >= 0.3 is 11.9 Å². The van der Waals surface area contributed by atoms with E-state index < -0.39 is 34.6 Å². The number of nitrogens with one attached hydrogen (secondary N) is 1. The fourth-order valence-corrected chi connectivity index (χ4v) is 2.22. The van der Waals surface area contributed by atoms with E-state index in [1.807, 2.05) is 0 Å². The van der Waals surface area contributed by atoms with Gasteiger partial charge in [0.1, 0.15) is 4.92 Å². The summed E-state index contributed by atoms with van der Waals surface area (Å²) < 4.78 is 4.75. The molecular formula is C11H12N2O6. The lowest BCUT2D eigenvalue weighted by molar-refractivity contribution is -0.402. The molecule has 0 aliphatic heterocycles. The summed E-state index contributed by atoms with van der Waals surface area (Å²) >= 11 is 0. The van der Waals surface area contributed by atoms with Gasteiger partial charge in [-0.2, -0.15) is 0 Å². The van der Waals surface area contributed by atoms with E-state index >= 15 is 0 Å². The summed E-state index contributed by atoms with van der Waals surface area (Å²) in [6.45, 7) is 0. The lowest BCUT2D eigenvalue weighted by atomic mass is 10.0. The minimum absolute atomic E-state index is 0.192. The number of rotatable bonds is 4. The van der Waals surface area contributed by atoms with Crippen LogP contribution in [0.2, 0.25) is 0 Å². The average molecular weight is 268 g/mol. The van der Waals surface area contributed by atoms with Gasteiger partial charge in [-0.1, -0.05) is 6.42 Å². The van der Waals surface area contributed by atoms with Crippen LogP contribution >= 0.6 is 0 Å². The number of furan rings is 1. The molecule has 0 radical (unpaired) electrons. The molecule has 0 bridgehead atoms. The van der Waals surface area contributed by atoms with Crippen LogP contribution in [0.4, 0.5) is 5.88 Å². The summed E-state index contributed by atoms with van der Waals surface area (Å²) in [5, 5.41) is 21.9. The van der Waals surface area contributed by atoms with E-state index in [4.69, 9.17) is 9.52 Å². The number of carbonyl (C=O) groups is 2. The molecule has 8 nitrogen and oxygen atoms in total. The molecule has 1 fully saturated rings. The molecule has 1 aromatic rings. The zero-order chi connectivity index (χ0) is 14.0. The van der Waals surface area contributed by atoms with Crippen molar-refractivity contribution in [3.05, 3.63) is 28.0 Å². The largest absolute Gasteiger partial charge is 0.481 e. The van der Waals surface area contributed by atoms with Crippen LogP contribution in [0.5, 0.6) is 0 Å². The summed E-state index contributed by atoms with van der Waals surface area (Å²) in [5.41, 5.74) is 0. The molecule has 19 heavy (non-hydrogen) atoms. The van der Waals surface area contributed by atoms with Crippen molar-refractivity contribution in [1.82, 2.24) is 5.32 Å². The number of amides is 1. The SMILES string of the molecule is O=C(NC1CCCC1C(=O)O)c1ccc([N+](=O)[O-])o1. The van der Waals surface area contributed by atoms with Gasteiger partial charge in [-0.15, -0.1) is 0 Å². The molecule has 2 unspecified atom stereocenters. The maximum Gasteiger partial charge on any atom is 0.433 e. The minimum Gasteiger partial charge on any atom is -0.481 e. The zero-order valence-electron chi connectivity index (χ0n) is 9.87. The van der Waals surface area contributed by atoms with Gasteiger partial charge in [0.05, 0.1) is 12.0 Å². The third-order valence-corrected chi connectivity index (χ3v) is 3.15. The van der Waals surface area contributed by atoms with Crippen LogP contribution in [-0.2, 0) is 4.79 Å². The molecule has 1 aliphatic carbocycles. The highest BCUT2D eigenvalue weighted by molar-refractivity contribution is 5.92. The van der Waals surface area contributed by atoms with Crippen molar-refractivity contribution < 1.29 is 24.0 Å². The van der Waals surface area contributed by atoms with Crippen LogP contribution in [0.1, 0.15) is 29.8 Å². The van der Waals surface area contributed by atoms with Gasteiger partial charge in [-0.3, -0.25) is 19.7 Å². The number of nitrogens with zero attached hydrogens (tertiary/aromatic N) is 1. The van der Waals surface area contributed by atoms with E-state index in [0.29, 0.717) is 12.8 Å². The quantitative estimate of drug-likeness (QED) is 0.624. The molecule has 1 aliphatic rings. The predicted molar refractivity (Wildman–Crippen MR) is 61.6 cm³/mol. The lowest BCUT2D eigenvalue weighted by Crippen LogP contribution is -2.40. The maximum atomic E-state index is 11.8. The van der Waals surface area contributed by atoms with Gasteiger partial charge in [-0.05, 0) is 18.9 Å². The van der Waals surface area contributed by atoms with Gasteiger partial charge in [0.2, 0.25) is 0 Å². The van der Waals surface area contributed by atoms with Gasteiger partial charge in [0, 0.05) is 6.04 Å². The second-order valence-corrected chi connectivity index (χ2v) is 4.35. The summed E-state index contributed by atoms with van der Waals surface area (Å²) in [6.07, 6.45) is 1.81. The Morgan fingerprint density at radius 3 is 2.74 bits per heavy atom. The Balaban J connectivity index is 2.04. The third kappa shape index (κ3) is 2.72. The molecule has 1 heterocycles. The first-order valence-corrected chi connectivity index (χ1v) is 5.77. The van der Waals surface area contributed by atoms with Crippen molar-refractivity contribution in [2.45, 2.75) is 25.3 Å². The van der Waals surface area contributed by atoms with Gasteiger partial charge in [-0.25, -0.2) is 0 Å². The second-order valence-electron chi connectivity index (χ2n) is 4.35. The molecule has 0 saturated heterocycles. The van der Waals surface area contributed by atoms with Crippen molar-refractivity contribution in [2.24, 2.45) is 5.92 Å². The highest BCUT2D eigenvalue weighted by Crippen LogP contribution is 2.26. The molecule has 2 N–H and O–H groups in total. The van der Waals surface area contributed by atoms with Crippen molar-refractivity contribution in [3.8, 4) is 0 Å². The van der Waals surface area contributed by atoms with Crippen LogP contribution in [0.3, 0.4) is 0 Å². The zero-order valence-corrected chi connectivity index (χ0v) is 9.87. The van der Waals surface area contributed by atoms with Crippen molar-refractivity contribution in [2.75, 3.05) is 0 Å². The number of carboxylic acid groups (broad SMARTS) is 1. The summed E-state index contributed by atoms with van der Waals surface area (Å²) in [6, 6.07) is 1.81. The first kappa shape index (κ1) is 13.1. The Bertz CT molecular complexity index is 523. The first-order chi connectivity index (χ1) is 8.99. The smallest absolute Gasteiger partial charge is 0.433 e. The van der Waals surface area contributed by atoms with Crippen molar-refractivity contribution in [3.63, 3.8) is 0 Å². The minimum atomic E-state index is -0.951. The molecule has 1 amide bonds. The molecule has 8 heteroatoms. The summed E-state index contributed by atoms with van der Waals surface area (Å²) in [5.74, 6) is -2.91. The summed E-state index contributed by atoms with van der Waals surface area (Å²) in [7, 11) is 0. The molecule has 0 spiro atoms. The normalized spacial score (nSPS) is 22.1. The van der Waals surface area contributed by atoms with Crippen LogP contribution in [0, 0.1) is 16.0 Å². The molecule has 2 atom stereocenters. The van der Waals surface area contributed by atoms with E-state index in [1.165, 1.54) is 6.07 Å². The van der Waals surface area contributed by atoms with E-state index in [0.717, 1.165) is 12.5 Å². The Kier molecular flexibility index (Phi) is 3.50. The van der Waals surface area contributed by atoms with Crippen molar-refractivity contribution in [1.29, 1.82) is 0 Å². The first-order valence-electron chi connectivity index (χ1n) is 5.77. The Hall–Kier alpha value is -2.38. The number of hydrogen-bond donors (Lipinski definition) is 2. The molecule has 102 valence electrons. The number of nitro groups is 1. The Morgan fingerprint density at radius 1 is 1.42 bits per heavy atom. The maximum absolute atomic E-state index is 11.8. The van der Waals surface area contributed by atoms with E-state index in [1.54, 1.807) is 0 Å². The van der Waals surface area contributed by atoms with E-state index in [9.17, 15) is 19.7 Å². The Labute approximate surface area is 107 Å². The van der Waals surface area contributed by atoms with Crippen LogP contribution < -0.4 is 5.32 Å². The van der Waals surface area contributed by atoms with Gasteiger partial charge in [0.15, 0.2) is 5.76 Å². The molecular weight excluding hydrogens is 256 g/mol. The Morgan fingerprint density at radius 2 is 2.16 bits per heavy atom. The number of carboxylic acids is 1. The molecule has 2 rings (SSSR count). The summed E-state index contributed by atoms with van der Waals surface area (Å²) in [4.78, 5) is 32.4. The molecule has 1 saturated carbocycles. The fourth-order valence-electron chi connectivity index (χ4n) is 2.22. The van der Waals surface area contributed by atoms with E-state index in [-0.39, 0.29) is 5.76 Å². The standard InChI is InChI=1S/C11H12N2O6/c14-10(8-4-5-9(19-8)13(17)18)12-7-3-1-2-6(7)11(15)16/h4-7H,1-3H2,(H,12,14)(H,15,16). The fraction of sp³-hybridized carbons (Fsp3) is 0.455. The highest BCUT2D eigenvalue weighted by Gasteiger charge is 2.34. The average Bonchev–Trinajstić information content (AvgIpc) is 2.96. The third-order valence-electron chi connectivity index (χ3n) is 3.15. The lowest BCUT2D eigenvalue weighted by Gasteiger charge is -2.16. The predicted octanol–water partition coefficient (Wildman–Crippen LogP) is 1.17. The monoisotopic (exact) mass is 268 g/mol.